The highest BCUT2D eigenvalue weighted by Gasteiger charge is 2.57. The molecule has 0 spiro atoms. The molecule has 0 radical (unpaired) electrons. The van der Waals surface area contributed by atoms with Gasteiger partial charge in [0.25, 0.3) is 11.8 Å². The molecule has 0 bridgehead atoms. The van der Waals surface area contributed by atoms with Crippen LogP contribution in [0.5, 0.6) is 0 Å². The molecule has 4 amide bonds. The van der Waals surface area contributed by atoms with E-state index in [4.69, 9.17) is 42.4 Å². The lowest BCUT2D eigenvalue weighted by Crippen LogP contribution is -2.55. The van der Waals surface area contributed by atoms with Crippen molar-refractivity contribution in [2.75, 3.05) is 52.6 Å². The molecule has 34 heteroatoms. The van der Waals surface area contributed by atoms with Crippen molar-refractivity contribution >= 4 is 71.4 Å². The van der Waals surface area contributed by atoms with E-state index < -0.39 is 115 Å². The molecule has 3 aromatic heterocycles. The molecule has 534 valence electrons. The summed E-state index contributed by atoms with van der Waals surface area (Å²) < 4.78 is 113. The Morgan fingerprint density at radius 1 is 0.772 bits per heavy atom. The maximum atomic E-state index is 16.1. The number of nitrogens with one attached hydrogen (secondary N) is 6. The van der Waals surface area contributed by atoms with Crippen LogP contribution in [0.15, 0.2) is 115 Å². The summed E-state index contributed by atoms with van der Waals surface area (Å²) in [5.41, 5.74) is -1.45. The van der Waals surface area contributed by atoms with Crippen molar-refractivity contribution in [3.8, 4) is 33.9 Å². The number of aromatic nitrogens is 8. The largest absolute Gasteiger partial charge is 0.447 e. The first kappa shape index (κ1) is 72.3. The molecule has 101 heavy (non-hydrogen) atoms. The second-order valence-electron chi connectivity index (χ2n) is 27.0. The summed E-state index contributed by atoms with van der Waals surface area (Å²) >= 11 is 13.7. The van der Waals surface area contributed by atoms with E-state index in [2.05, 4.69) is 52.9 Å². The molecule has 4 aliphatic rings. The lowest BCUT2D eigenvalue weighted by molar-refractivity contribution is -0.204. The Hall–Kier alpha value is -9.95. The Morgan fingerprint density at radius 3 is 1.82 bits per heavy atom. The number of likely N-dealkylation sites (tertiary alicyclic amines) is 1. The number of nitrogens with zero attached hydrogens (tertiary/aromatic N) is 12. The predicted octanol–water partition coefficient (Wildman–Crippen LogP) is 12.1. The highest BCUT2D eigenvalue weighted by molar-refractivity contribution is 6.33. The van der Waals surface area contributed by atoms with Crippen LogP contribution in [0.25, 0.3) is 39.5 Å². The number of benzene rings is 4. The van der Waals surface area contributed by atoms with Crippen molar-refractivity contribution in [2.45, 2.75) is 103 Å². The predicted molar refractivity (Wildman–Crippen MR) is 357 cm³/mol. The third-order valence-corrected chi connectivity index (χ3v) is 18.6. The maximum absolute atomic E-state index is 16.1. The minimum atomic E-state index is -4.57. The van der Waals surface area contributed by atoms with Crippen LogP contribution in [0.1, 0.15) is 107 Å². The van der Waals surface area contributed by atoms with E-state index in [-0.39, 0.29) is 90.2 Å². The maximum Gasteiger partial charge on any atom is 0.410 e. The topological polar surface area (TPSA) is 297 Å². The van der Waals surface area contributed by atoms with Gasteiger partial charge in [-0.2, -0.15) is 51.1 Å². The van der Waals surface area contributed by atoms with Gasteiger partial charge in [-0.25, -0.2) is 29.2 Å². The number of rotatable bonds is 23. The molecular weight excluding hydrogens is 1370 g/mol. The van der Waals surface area contributed by atoms with Crippen molar-refractivity contribution in [1.82, 2.24) is 75.4 Å². The first-order chi connectivity index (χ1) is 47.8. The molecule has 4 fully saturated rings. The summed E-state index contributed by atoms with van der Waals surface area (Å²) in [6.45, 7) is 6.89. The van der Waals surface area contributed by atoms with Gasteiger partial charge in [-0.1, -0.05) is 118 Å². The third kappa shape index (κ3) is 15.2. The molecule has 0 unspecified atom stereocenters. The molecule has 0 aliphatic carbocycles. The Balaban J connectivity index is 0.925. The van der Waals surface area contributed by atoms with Gasteiger partial charge in [-0.05, 0) is 93.8 Å². The molecule has 4 atom stereocenters. The fraction of sp³-hybridized carbons (Fsp3) is 0.403. The zero-order valence-corrected chi connectivity index (χ0v) is 56.9. The number of halogens is 9. The van der Waals surface area contributed by atoms with Gasteiger partial charge in [0.2, 0.25) is 0 Å². The summed E-state index contributed by atoms with van der Waals surface area (Å²) in [5, 5.41) is 47.8. The summed E-state index contributed by atoms with van der Waals surface area (Å²) in [7, 11) is 0. The van der Waals surface area contributed by atoms with Crippen LogP contribution in [-0.4, -0.2) is 173 Å². The van der Waals surface area contributed by atoms with Crippen molar-refractivity contribution in [3.05, 3.63) is 154 Å². The Morgan fingerprint density at radius 2 is 1.32 bits per heavy atom. The number of allylic oxidation sites excluding steroid dienone is 1. The van der Waals surface area contributed by atoms with Gasteiger partial charge in [0.15, 0.2) is 29.4 Å². The lowest BCUT2D eigenvalue weighted by atomic mass is 9.72. The lowest BCUT2D eigenvalue weighted by Gasteiger charge is -2.39. The average Bonchev–Trinajstić information content (AvgIpc) is 1.46. The quantitative estimate of drug-likeness (QED) is 0.0150. The van der Waals surface area contributed by atoms with Gasteiger partial charge in [0.1, 0.15) is 30.6 Å². The molecule has 7 aromatic rings. The van der Waals surface area contributed by atoms with E-state index >= 15 is 9.59 Å². The summed E-state index contributed by atoms with van der Waals surface area (Å²) in [6, 6.07) is 19.9. The van der Waals surface area contributed by atoms with Gasteiger partial charge in [0, 0.05) is 68.4 Å². The van der Waals surface area contributed by atoms with E-state index in [1.807, 2.05) is 34.6 Å². The molecular formula is C67H71Cl2F7N18O7. The standard InChI is InChI=1S/C67H71Cl2F7N18O7/c1-37(28-91(79-7)57(70)71)38-8-14-44(15-9-38)66(56(96)94(60(78)85-66)50(32-100-61(97)89-20-22-99-23-21-89)40-12-18-48(68)46(24-40)53-80-36-81-87-53)35-64(5,6)26-52-83-54(88-86-52)47-25-41(13-19-49(47)69)51(33-101-62(98)90-30-45(31-90)67(74,75)76)93-55(95)65(84-59(93)77,34-63(2,3)4)43-16-10-39(11-17-43)42-27-82-92(29-42)58(72)73/h8-19,24-25,27-29,36,45,50-51,57-58H,7,20-23,26,30-35H2,1-6H3,(H2,77,84)(H2,78,85)(H,80,81,87)(H,83,86,88)/b37-28+/t50-,51-,65-,66-/m1/s1. The number of hydrazone groups is 1. The fourth-order valence-corrected chi connectivity index (χ4v) is 13.5. The van der Waals surface area contributed by atoms with Crippen LogP contribution >= 0.6 is 23.2 Å². The van der Waals surface area contributed by atoms with Crippen LogP contribution in [-0.2, 0) is 41.3 Å². The number of H-pyrrole nitrogens is 2. The number of hydrogen-bond donors (Lipinski definition) is 6. The van der Waals surface area contributed by atoms with Crippen LogP contribution in [0, 0.1) is 27.6 Å². The molecule has 4 aromatic carbocycles. The smallest absolute Gasteiger partial charge is 0.410 e. The first-order valence-corrected chi connectivity index (χ1v) is 32.5. The monoisotopic (exact) mass is 1440 g/mol. The number of guanidine groups is 2. The van der Waals surface area contributed by atoms with Crippen LogP contribution < -0.4 is 10.6 Å². The van der Waals surface area contributed by atoms with Crippen LogP contribution in [0.3, 0.4) is 0 Å². The van der Waals surface area contributed by atoms with E-state index in [9.17, 15) is 51.1 Å². The molecule has 4 saturated heterocycles. The number of carbonyl (C=O) groups excluding carboxylic acids is 4. The number of amides is 4. The molecule has 25 nitrogen and oxygen atoms in total. The van der Waals surface area contributed by atoms with E-state index in [1.165, 1.54) is 46.7 Å². The Labute approximate surface area is 584 Å². The SMILES string of the molecule is C=NN(/C=C(\C)c1ccc([C@@]2(CC(C)(C)Cc3n[nH]c(-c4cc([C@@H](COC(=O)N5CC(C(F)(F)F)C5)N5C(=N)N[C@](CC(C)(C)C)(c6ccc(-c7cnn(C(F)F)c7)cc6)C5=O)ccc4Cl)n3)NC(=N)N([C@H](COC(=O)N3CCOCC3)c3ccc(Cl)c(-c4ncn[nH]4)c3)C2=O)cc1)C(F)F. The zero-order valence-electron chi connectivity index (χ0n) is 55.4. The number of alkyl halides is 7. The van der Waals surface area contributed by atoms with E-state index in [0.29, 0.717) is 54.2 Å². The Kier molecular flexibility index (Phi) is 20.5. The van der Waals surface area contributed by atoms with Crippen molar-refractivity contribution in [2.24, 2.45) is 21.8 Å². The highest BCUT2D eigenvalue weighted by atomic mass is 35.5. The zero-order chi connectivity index (χ0) is 72.7. The minimum absolute atomic E-state index is 0.0205. The Bertz CT molecular complexity index is 4290. The second kappa shape index (κ2) is 28.6. The third-order valence-electron chi connectivity index (χ3n) is 18.0. The van der Waals surface area contributed by atoms with Crippen molar-refractivity contribution in [1.29, 1.82) is 10.8 Å². The molecule has 11 rings (SSSR count). The molecule has 6 N–H and O–H groups in total. The van der Waals surface area contributed by atoms with Crippen LogP contribution in [0.2, 0.25) is 10.0 Å². The minimum Gasteiger partial charge on any atom is -0.447 e. The van der Waals surface area contributed by atoms with Crippen molar-refractivity contribution in [3.63, 3.8) is 0 Å². The van der Waals surface area contributed by atoms with Gasteiger partial charge in [-0.15, -0.1) is 0 Å². The average molecular weight is 1440 g/mol. The highest BCUT2D eigenvalue weighted by Crippen LogP contribution is 2.47. The fourth-order valence-electron chi connectivity index (χ4n) is 13.1. The number of hydrogen-bond acceptors (Lipinski definition) is 16. The van der Waals surface area contributed by atoms with Crippen LogP contribution in [0.4, 0.5) is 40.3 Å². The molecule has 0 saturated carbocycles. The van der Waals surface area contributed by atoms with Gasteiger partial charge >= 0.3 is 31.5 Å². The summed E-state index contributed by atoms with van der Waals surface area (Å²) in [4.78, 5) is 72.7. The van der Waals surface area contributed by atoms with Crippen molar-refractivity contribution < 1.29 is 64.1 Å². The summed E-state index contributed by atoms with van der Waals surface area (Å²) in [5.74, 6) is -3.33. The number of carbonyl (C=O) groups is 4. The number of ether oxygens (including phenoxy) is 3. The van der Waals surface area contributed by atoms with E-state index in [0.717, 1.165) is 16.0 Å². The number of morpholine rings is 1. The first-order valence-electron chi connectivity index (χ1n) is 31.8. The second-order valence-corrected chi connectivity index (χ2v) is 27.8. The van der Waals surface area contributed by atoms with Gasteiger partial charge in [0.05, 0.1) is 47.5 Å². The molecule has 7 heterocycles. The van der Waals surface area contributed by atoms with Gasteiger partial charge in [-0.3, -0.25) is 40.4 Å². The summed E-state index contributed by atoms with van der Waals surface area (Å²) in [6.07, 6.45) is -1.49. The van der Waals surface area contributed by atoms with E-state index in [1.54, 1.807) is 73.7 Å². The molecule has 4 aliphatic heterocycles. The number of aromatic amines is 2. The van der Waals surface area contributed by atoms with Gasteiger partial charge < -0.3 is 34.6 Å². The normalized spacial score (nSPS) is 19.2.